The largest absolute Gasteiger partial charge is 0.490 e. The second kappa shape index (κ2) is 6.21. The first-order valence-electron chi connectivity index (χ1n) is 6.50. The highest BCUT2D eigenvalue weighted by molar-refractivity contribution is 5.35. The number of quaternary nitrogens is 1. The summed E-state index contributed by atoms with van der Waals surface area (Å²) >= 11 is 0. The molecule has 0 radical (unpaired) electrons. The van der Waals surface area contributed by atoms with Gasteiger partial charge < -0.3 is 15.2 Å². The molecule has 3 heteroatoms. The Labute approximate surface area is 110 Å². The van der Waals surface area contributed by atoms with Crippen LogP contribution in [0.1, 0.15) is 31.9 Å². The molecule has 0 saturated carbocycles. The third-order valence-corrected chi connectivity index (χ3v) is 2.78. The summed E-state index contributed by atoms with van der Waals surface area (Å²) < 4.78 is 5.67. The summed E-state index contributed by atoms with van der Waals surface area (Å²) in [6, 6.07) is 6.11. The lowest BCUT2D eigenvalue weighted by atomic mass is 10.1. The maximum absolute atomic E-state index is 9.88. The third kappa shape index (κ3) is 5.52. The molecule has 3 N–H and O–H groups in total. The van der Waals surface area contributed by atoms with Gasteiger partial charge in [0.1, 0.15) is 25.0 Å². The molecule has 0 aromatic heterocycles. The summed E-state index contributed by atoms with van der Waals surface area (Å²) in [5.74, 6) is 0.866. The molecular formula is C15H26NO2+. The van der Waals surface area contributed by atoms with Gasteiger partial charge in [-0.05, 0) is 51.8 Å². The minimum atomic E-state index is -0.441. The van der Waals surface area contributed by atoms with E-state index in [1.165, 1.54) is 5.56 Å². The second-order valence-electron chi connectivity index (χ2n) is 6.04. The molecule has 1 aromatic rings. The first-order chi connectivity index (χ1) is 8.28. The van der Waals surface area contributed by atoms with Gasteiger partial charge in [-0.3, -0.25) is 0 Å². The lowest BCUT2D eigenvalue weighted by Crippen LogP contribution is -2.96. The van der Waals surface area contributed by atoms with Gasteiger partial charge in [0, 0.05) is 0 Å². The number of aliphatic hydroxyl groups excluding tert-OH is 1. The maximum Gasteiger partial charge on any atom is 0.137 e. The van der Waals surface area contributed by atoms with Crippen molar-refractivity contribution in [2.24, 2.45) is 0 Å². The first-order valence-corrected chi connectivity index (χ1v) is 6.50. The van der Waals surface area contributed by atoms with Crippen LogP contribution >= 0.6 is 0 Å². The standard InChI is InChI=1S/C15H25NO2/c1-11-6-7-12(2)14(8-11)18-10-13(17)9-16-15(3,4)5/h6-8,13,16-17H,9-10H2,1-5H3/p+1/t13-/m0/s1. The molecule has 0 amide bonds. The fraction of sp³-hybridized carbons (Fsp3) is 0.600. The van der Waals surface area contributed by atoms with Crippen molar-refractivity contribution in [3.8, 4) is 5.75 Å². The molecule has 3 nitrogen and oxygen atoms in total. The fourth-order valence-electron chi connectivity index (χ4n) is 1.61. The summed E-state index contributed by atoms with van der Waals surface area (Å²) in [6.45, 7) is 11.5. The van der Waals surface area contributed by atoms with E-state index in [1.807, 2.05) is 26.0 Å². The predicted molar refractivity (Wildman–Crippen MR) is 74.0 cm³/mol. The van der Waals surface area contributed by atoms with Gasteiger partial charge >= 0.3 is 0 Å². The topological polar surface area (TPSA) is 46.1 Å². The monoisotopic (exact) mass is 252 g/mol. The average Bonchev–Trinajstić information content (AvgIpc) is 2.26. The Balaban J connectivity index is 2.42. The van der Waals surface area contributed by atoms with Gasteiger partial charge in [0.05, 0.1) is 5.54 Å². The number of nitrogens with two attached hydrogens (primary N) is 1. The van der Waals surface area contributed by atoms with Crippen LogP contribution in [0, 0.1) is 13.8 Å². The van der Waals surface area contributed by atoms with Gasteiger partial charge in [-0.1, -0.05) is 12.1 Å². The quantitative estimate of drug-likeness (QED) is 0.832. The number of rotatable bonds is 5. The molecule has 18 heavy (non-hydrogen) atoms. The highest BCUT2D eigenvalue weighted by atomic mass is 16.5. The Morgan fingerprint density at radius 2 is 1.94 bits per heavy atom. The van der Waals surface area contributed by atoms with Gasteiger partial charge in [0.2, 0.25) is 0 Å². The van der Waals surface area contributed by atoms with Gasteiger partial charge in [-0.25, -0.2) is 0 Å². The van der Waals surface area contributed by atoms with Crippen molar-refractivity contribution < 1.29 is 15.2 Å². The number of aryl methyl sites for hydroxylation is 2. The molecule has 0 bridgehead atoms. The molecule has 0 heterocycles. The van der Waals surface area contributed by atoms with Crippen LogP contribution in [-0.2, 0) is 0 Å². The molecule has 0 aliphatic carbocycles. The van der Waals surface area contributed by atoms with E-state index in [4.69, 9.17) is 4.74 Å². The van der Waals surface area contributed by atoms with E-state index < -0.39 is 6.10 Å². The molecule has 0 spiro atoms. The molecule has 1 aromatic carbocycles. The van der Waals surface area contributed by atoms with Crippen LogP contribution in [0.5, 0.6) is 5.75 Å². The summed E-state index contributed by atoms with van der Waals surface area (Å²) in [4.78, 5) is 0. The van der Waals surface area contributed by atoms with Crippen LogP contribution in [0.15, 0.2) is 18.2 Å². The SMILES string of the molecule is Cc1ccc(C)c(OC[C@@H](O)C[NH2+]C(C)(C)C)c1. The van der Waals surface area contributed by atoms with Crippen molar-refractivity contribution in [3.63, 3.8) is 0 Å². The van der Waals surface area contributed by atoms with Crippen molar-refractivity contribution >= 4 is 0 Å². The van der Waals surface area contributed by atoms with Crippen LogP contribution in [0.25, 0.3) is 0 Å². The second-order valence-corrected chi connectivity index (χ2v) is 6.04. The molecule has 1 rings (SSSR count). The van der Waals surface area contributed by atoms with Crippen LogP contribution in [0.4, 0.5) is 0 Å². The number of hydrogen-bond acceptors (Lipinski definition) is 2. The minimum Gasteiger partial charge on any atom is -0.490 e. The minimum absolute atomic E-state index is 0.139. The highest BCUT2D eigenvalue weighted by Crippen LogP contribution is 2.19. The summed E-state index contributed by atoms with van der Waals surface area (Å²) in [7, 11) is 0. The predicted octanol–water partition coefficient (Wildman–Crippen LogP) is 1.41. The van der Waals surface area contributed by atoms with Crippen LogP contribution < -0.4 is 10.1 Å². The number of aliphatic hydroxyl groups is 1. The van der Waals surface area contributed by atoms with E-state index in [1.54, 1.807) is 0 Å². The Hall–Kier alpha value is -1.06. The molecule has 1 atom stereocenters. The zero-order valence-corrected chi connectivity index (χ0v) is 12.2. The van der Waals surface area contributed by atoms with Crippen molar-refractivity contribution in [1.82, 2.24) is 0 Å². The molecule has 102 valence electrons. The number of hydrogen-bond donors (Lipinski definition) is 2. The number of ether oxygens (including phenoxy) is 1. The first kappa shape index (κ1) is 15.0. The fourth-order valence-corrected chi connectivity index (χ4v) is 1.61. The molecule has 0 saturated heterocycles. The van der Waals surface area contributed by atoms with E-state index in [9.17, 15) is 5.11 Å². The summed E-state index contributed by atoms with van der Waals surface area (Å²) in [5.41, 5.74) is 2.42. The van der Waals surface area contributed by atoms with E-state index in [-0.39, 0.29) is 5.54 Å². The third-order valence-electron chi connectivity index (χ3n) is 2.78. The van der Waals surface area contributed by atoms with Crippen LogP contribution in [-0.4, -0.2) is 29.9 Å². The van der Waals surface area contributed by atoms with Crippen LogP contribution in [0.3, 0.4) is 0 Å². The van der Waals surface area contributed by atoms with Crippen molar-refractivity contribution in [2.75, 3.05) is 13.2 Å². The Kier molecular flexibility index (Phi) is 5.17. The normalized spacial score (nSPS) is 13.4. The lowest BCUT2D eigenvalue weighted by molar-refractivity contribution is -0.722. The lowest BCUT2D eigenvalue weighted by Gasteiger charge is -2.20. The average molecular weight is 252 g/mol. The Morgan fingerprint density at radius 3 is 2.56 bits per heavy atom. The zero-order valence-electron chi connectivity index (χ0n) is 12.2. The smallest absolute Gasteiger partial charge is 0.137 e. The van der Waals surface area contributed by atoms with Gasteiger partial charge in [-0.2, -0.15) is 0 Å². The van der Waals surface area contributed by atoms with E-state index in [2.05, 4.69) is 32.2 Å². The van der Waals surface area contributed by atoms with Crippen molar-refractivity contribution in [1.29, 1.82) is 0 Å². The molecule has 0 aliphatic heterocycles. The van der Waals surface area contributed by atoms with E-state index in [0.29, 0.717) is 13.2 Å². The van der Waals surface area contributed by atoms with E-state index >= 15 is 0 Å². The zero-order chi connectivity index (χ0) is 13.8. The number of benzene rings is 1. The summed E-state index contributed by atoms with van der Waals surface area (Å²) in [5, 5.41) is 12.0. The highest BCUT2D eigenvalue weighted by Gasteiger charge is 2.16. The molecule has 0 unspecified atom stereocenters. The van der Waals surface area contributed by atoms with Gasteiger partial charge in [0.25, 0.3) is 0 Å². The molecule has 0 aliphatic rings. The van der Waals surface area contributed by atoms with Gasteiger partial charge in [-0.15, -0.1) is 0 Å². The van der Waals surface area contributed by atoms with Crippen molar-refractivity contribution in [3.05, 3.63) is 29.3 Å². The Bertz CT molecular complexity index is 383. The Morgan fingerprint density at radius 1 is 1.28 bits per heavy atom. The van der Waals surface area contributed by atoms with Gasteiger partial charge in [0.15, 0.2) is 0 Å². The van der Waals surface area contributed by atoms with Crippen LogP contribution in [0.2, 0.25) is 0 Å². The van der Waals surface area contributed by atoms with E-state index in [0.717, 1.165) is 11.3 Å². The maximum atomic E-state index is 9.88. The van der Waals surface area contributed by atoms with Crippen molar-refractivity contribution in [2.45, 2.75) is 46.3 Å². The molecule has 0 fully saturated rings. The summed E-state index contributed by atoms with van der Waals surface area (Å²) in [6.07, 6.45) is -0.441. The molecular weight excluding hydrogens is 226 g/mol.